The number of halogens is 1. The second-order valence-electron chi connectivity index (χ2n) is 7.18. The summed E-state index contributed by atoms with van der Waals surface area (Å²) in [6, 6.07) is 14.6. The molecule has 0 aliphatic rings. The molecule has 0 fully saturated rings. The topological polar surface area (TPSA) is 55.4 Å². The van der Waals surface area contributed by atoms with Gasteiger partial charge in [-0.1, -0.05) is 35.9 Å². The fourth-order valence-electron chi connectivity index (χ4n) is 3.47. The van der Waals surface area contributed by atoms with Crippen molar-refractivity contribution in [1.29, 1.82) is 0 Å². The van der Waals surface area contributed by atoms with Crippen LogP contribution < -0.4 is 5.32 Å². The van der Waals surface area contributed by atoms with Crippen molar-refractivity contribution in [3.63, 3.8) is 0 Å². The maximum atomic E-state index is 13.2. The number of rotatable bonds is 6. The van der Waals surface area contributed by atoms with E-state index < -0.39 is 0 Å². The first-order valence-electron chi connectivity index (χ1n) is 9.62. The second-order valence-corrected chi connectivity index (χ2v) is 9.05. The molecule has 30 heavy (non-hydrogen) atoms. The van der Waals surface area contributed by atoms with E-state index >= 15 is 0 Å². The number of amides is 1. The molecule has 1 atom stereocenters. The molecule has 0 aliphatic heterocycles. The third-order valence-corrected chi connectivity index (χ3v) is 6.36. The zero-order valence-electron chi connectivity index (χ0n) is 17.4. The summed E-state index contributed by atoms with van der Waals surface area (Å²) in [4.78, 5) is 26.9. The van der Waals surface area contributed by atoms with Crippen LogP contribution in [0.4, 0.5) is 0 Å². The molecule has 1 N–H and O–H groups in total. The zero-order chi connectivity index (χ0) is 21.8. The largest absolute Gasteiger partial charge is 0.465 e. The van der Waals surface area contributed by atoms with Crippen LogP contribution in [0, 0.1) is 13.8 Å². The van der Waals surface area contributed by atoms with Gasteiger partial charge in [-0.3, -0.25) is 4.79 Å². The molecule has 0 unspecified atom stereocenters. The molecule has 2 aromatic carbocycles. The van der Waals surface area contributed by atoms with E-state index in [2.05, 4.69) is 5.32 Å². The normalized spacial score (nSPS) is 11.8. The number of carbonyl (C=O) groups is 2. The van der Waals surface area contributed by atoms with Crippen molar-refractivity contribution >= 4 is 34.8 Å². The van der Waals surface area contributed by atoms with Gasteiger partial charge in [-0.05, 0) is 68.1 Å². The van der Waals surface area contributed by atoms with Gasteiger partial charge in [0.1, 0.15) is 0 Å². The lowest BCUT2D eigenvalue weighted by atomic mass is 9.99. The molecule has 0 saturated carbocycles. The molecule has 156 valence electrons. The van der Waals surface area contributed by atoms with E-state index in [1.54, 1.807) is 23.5 Å². The summed E-state index contributed by atoms with van der Waals surface area (Å²) in [6.45, 7) is 5.95. The average molecular weight is 442 g/mol. The molecule has 0 radical (unpaired) electrons. The summed E-state index contributed by atoms with van der Waals surface area (Å²) in [7, 11) is 1.35. The molecule has 6 heteroatoms. The molecule has 0 bridgehead atoms. The third-order valence-electron chi connectivity index (χ3n) is 5.06. The number of aryl methyl sites for hydroxylation is 2. The minimum Gasteiger partial charge on any atom is -0.465 e. The summed E-state index contributed by atoms with van der Waals surface area (Å²) in [5, 5.41) is 3.78. The van der Waals surface area contributed by atoms with Crippen molar-refractivity contribution in [3.05, 3.63) is 91.1 Å². The quantitative estimate of drug-likeness (QED) is 0.485. The molecule has 3 aromatic rings. The molecule has 0 saturated heterocycles. The highest BCUT2D eigenvalue weighted by molar-refractivity contribution is 7.12. The Morgan fingerprint density at radius 1 is 1.10 bits per heavy atom. The lowest BCUT2D eigenvalue weighted by Crippen LogP contribution is -2.27. The maximum absolute atomic E-state index is 13.2. The van der Waals surface area contributed by atoms with Crippen molar-refractivity contribution < 1.29 is 14.3 Å². The van der Waals surface area contributed by atoms with Crippen molar-refractivity contribution in [2.24, 2.45) is 0 Å². The Balaban J connectivity index is 1.80. The fraction of sp³-hybridized carbons (Fsp3) is 0.250. The van der Waals surface area contributed by atoms with Crippen LogP contribution in [0.15, 0.2) is 48.5 Å². The fourth-order valence-corrected chi connectivity index (χ4v) is 4.76. The van der Waals surface area contributed by atoms with Crippen LogP contribution in [0.25, 0.3) is 0 Å². The van der Waals surface area contributed by atoms with E-state index in [0.717, 1.165) is 32.0 Å². The van der Waals surface area contributed by atoms with E-state index in [9.17, 15) is 9.59 Å². The highest BCUT2D eigenvalue weighted by Crippen LogP contribution is 2.30. The molecule has 3 rings (SSSR count). The smallest absolute Gasteiger partial charge is 0.337 e. The summed E-state index contributed by atoms with van der Waals surface area (Å²) in [5.74, 6) is -0.480. The van der Waals surface area contributed by atoms with Crippen molar-refractivity contribution in [3.8, 4) is 0 Å². The maximum Gasteiger partial charge on any atom is 0.337 e. The Kier molecular flexibility index (Phi) is 6.95. The summed E-state index contributed by atoms with van der Waals surface area (Å²) >= 11 is 7.76. The van der Waals surface area contributed by atoms with Crippen molar-refractivity contribution in [2.45, 2.75) is 33.2 Å². The highest BCUT2D eigenvalue weighted by atomic mass is 35.5. The lowest BCUT2D eigenvalue weighted by Gasteiger charge is -2.16. The van der Waals surface area contributed by atoms with E-state index in [0.29, 0.717) is 17.0 Å². The van der Waals surface area contributed by atoms with Gasteiger partial charge in [-0.25, -0.2) is 4.79 Å². The van der Waals surface area contributed by atoms with Crippen LogP contribution in [-0.2, 0) is 11.2 Å². The summed E-state index contributed by atoms with van der Waals surface area (Å²) < 4.78 is 4.73. The van der Waals surface area contributed by atoms with Crippen LogP contribution >= 0.6 is 22.9 Å². The molecule has 1 aromatic heterocycles. The van der Waals surface area contributed by atoms with Crippen LogP contribution in [0.3, 0.4) is 0 Å². The van der Waals surface area contributed by atoms with Gasteiger partial charge in [-0.15, -0.1) is 11.3 Å². The van der Waals surface area contributed by atoms with Gasteiger partial charge < -0.3 is 10.1 Å². The van der Waals surface area contributed by atoms with Gasteiger partial charge in [0.25, 0.3) is 5.91 Å². The number of ether oxygens (including phenoxy) is 1. The van der Waals surface area contributed by atoms with Gasteiger partial charge in [0.2, 0.25) is 0 Å². The summed E-state index contributed by atoms with van der Waals surface area (Å²) in [5.41, 5.74) is 4.23. The average Bonchev–Trinajstić information content (AvgIpc) is 3.00. The van der Waals surface area contributed by atoms with Gasteiger partial charge in [-0.2, -0.15) is 0 Å². The SMILES string of the molecule is COC(=O)c1ccc([C@H](C)NC(=O)c2c(C)sc(C)c2Cc2cccc(Cl)c2)cc1. The molecule has 1 heterocycles. The van der Waals surface area contributed by atoms with Crippen LogP contribution in [0.1, 0.15) is 60.1 Å². The predicted molar refractivity (Wildman–Crippen MR) is 122 cm³/mol. The molecule has 0 spiro atoms. The zero-order valence-corrected chi connectivity index (χ0v) is 19.0. The second kappa shape index (κ2) is 9.45. The molecule has 0 aliphatic carbocycles. The van der Waals surface area contributed by atoms with E-state index in [1.165, 1.54) is 7.11 Å². The minimum atomic E-state index is -0.381. The van der Waals surface area contributed by atoms with Gasteiger partial charge in [0, 0.05) is 14.8 Å². The Labute approximate surface area is 185 Å². The molecular weight excluding hydrogens is 418 g/mol. The van der Waals surface area contributed by atoms with Crippen LogP contribution in [-0.4, -0.2) is 19.0 Å². The first kappa shape index (κ1) is 22.1. The number of nitrogens with one attached hydrogen (secondary N) is 1. The van der Waals surface area contributed by atoms with Gasteiger partial charge in [0.05, 0.1) is 24.3 Å². The first-order chi connectivity index (χ1) is 14.3. The highest BCUT2D eigenvalue weighted by Gasteiger charge is 2.22. The number of methoxy groups -OCH3 is 1. The Bertz CT molecular complexity index is 1070. The van der Waals surface area contributed by atoms with Crippen LogP contribution in [0.5, 0.6) is 0 Å². The van der Waals surface area contributed by atoms with E-state index in [1.807, 2.05) is 57.2 Å². The number of hydrogen-bond acceptors (Lipinski definition) is 4. The first-order valence-corrected chi connectivity index (χ1v) is 10.8. The van der Waals surface area contributed by atoms with Crippen molar-refractivity contribution in [2.75, 3.05) is 7.11 Å². The van der Waals surface area contributed by atoms with E-state index in [-0.39, 0.29) is 17.9 Å². The molecule has 1 amide bonds. The van der Waals surface area contributed by atoms with Crippen molar-refractivity contribution in [1.82, 2.24) is 5.32 Å². The minimum absolute atomic E-state index is 0.0987. The Hall–Kier alpha value is -2.63. The number of carbonyl (C=O) groups excluding carboxylic acids is 2. The monoisotopic (exact) mass is 441 g/mol. The van der Waals surface area contributed by atoms with Crippen LogP contribution in [0.2, 0.25) is 5.02 Å². The Morgan fingerprint density at radius 2 is 1.80 bits per heavy atom. The third kappa shape index (κ3) is 4.91. The molecular formula is C24H24ClNO3S. The lowest BCUT2D eigenvalue weighted by molar-refractivity contribution is 0.0600. The van der Waals surface area contributed by atoms with Gasteiger partial charge in [0.15, 0.2) is 0 Å². The standard InChI is InChI=1S/C24H24ClNO3S/c1-14(18-8-10-19(11-9-18)24(28)29-4)26-23(27)22-16(3)30-15(2)21(22)13-17-6-5-7-20(25)12-17/h5-12,14H,13H2,1-4H3,(H,26,27)/t14-/m0/s1. The van der Waals surface area contributed by atoms with E-state index in [4.69, 9.17) is 16.3 Å². The van der Waals surface area contributed by atoms with Gasteiger partial charge >= 0.3 is 5.97 Å². The Morgan fingerprint density at radius 3 is 2.43 bits per heavy atom. The number of benzene rings is 2. The number of esters is 1. The summed E-state index contributed by atoms with van der Waals surface area (Å²) in [6.07, 6.45) is 0.654. The molecule has 4 nitrogen and oxygen atoms in total. The number of thiophene rings is 1. The predicted octanol–water partition coefficient (Wildman–Crippen LogP) is 5.89. The number of hydrogen-bond donors (Lipinski definition) is 1.